The number of fused-ring (bicyclic) bond motifs is 1. The molecule has 20 heavy (non-hydrogen) atoms. The SMILES string of the molecule is CC1(COc2cccc3c2NCC3)CCCS(=O)(=O)C1. The van der Waals surface area contributed by atoms with Gasteiger partial charge in [0.25, 0.3) is 0 Å². The van der Waals surface area contributed by atoms with Crippen molar-refractivity contribution in [3.05, 3.63) is 23.8 Å². The third kappa shape index (κ3) is 2.77. The Bertz CT molecular complexity index is 612. The molecule has 2 heterocycles. The van der Waals surface area contributed by atoms with Crippen LogP contribution in [0.15, 0.2) is 18.2 Å². The Morgan fingerprint density at radius 2 is 2.25 bits per heavy atom. The lowest BCUT2D eigenvalue weighted by atomic mass is 9.88. The highest BCUT2D eigenvalue weighted by Crippen LogP contribution is 2.36. The standard InChI is InChI=1S/C15H21NO3S/c1-15(7-3-9-20(17,18)11-15)10-19-13-5-2-4-12-6-8-16-14(12)13/h2,4-5,16H,3,6-11H2,1H3. The van der Waals surface area contributed by atoms with Crippen LogP contribution in [-0.2, 0) is 16.3 Å². The number of sulfone groups is 1. The first-order valence-electron chi connectivity index (χ1n) is 7.17. The van der Waals surface area contributed by atoms with Crippen LogP contribution in [0.4, 0.5) is 5.69 Å². The van der Waals surface area contributed by atoms with Crippen LogP contribution >= 0.6 is 0 Å². The normalized spacial score (nSPS) is 27.6. The van der Waals surface area contributed by atoms with Crippen molar-refractivity contribution in [2.45, 2.75) is 26.2 Å². The first-order valence-corrected chi connectivity index (χ1v) is 8.99. The summed E-state index contributed by atoms with van der Waals surface area (Å²) < 4.78 is 29.6. The monoisotopic (exact) mass is 295 g/mol. The van der Waals surface area contributed by atoms with Gasteiger partial charge in [0.1, 0.15) is 5.75 Å². The van der Waals surface area contributed by atoms with Gasteiger partial charge in [0, 0.05) is 12.0 Å². The van der Waals surface area contributed by atoms with Gasteiger partial charge in [-0.05, 0) is 30.9 Å². The first kappa shape index (κ1) is 13.7. The maximum Gasteiger partial charge on any atom is 0.150 e. The van der Waals surface area contributed by atoms with Gasteiger partial charge in [0.2, 0.25) is 0 Å². The predicted octanol–water partition coefficient (Wildman–Crippen LogP) is 2.25. The maximum atomic E-state index is 11.8. The second kappa shape index (κ2) is 4.95. The van der Waals surface area contributed by atoms with Crippen LogP contribution in [0.5, 0.6) is 5.75 Å². The number of ether oxygens (including phenoxy) is 1. The second-order valence-electron chi connectivity index (χ2n) is 6.26. The molecule has 0 spiro atoms. The van der Waals surface area contributed by atoms with E-state index in [-0.39, 0.29) is 11.2 Å². The van der Waals surface area contributed by atoms with Crippen LogP contribution in [0.3, 0.4) is 0 Å². The van der Waals surface area contributed by atoms with Crippen molar-refractivity contribution in [2.24, 2.45) is 5.41 Å². The summed E-state index contributed by atoms with van der Waals surface area (Å²) in [5, 5.41) is 3.34. The molecule has 2 aliphatic rings. The zero-order chi connectivity index (χ0) is 14.2. The van der Waals surface area contributed by atoms with Crippen LogP contribution in [0.25, 0.3) is 0 Å². The molecule has 1 atom stereocenters. The molecule has 0 bridgehead atoms. The fourth-order valence-corrected chi connectivity index (χ4v) is 5.21. The van der Waals surface area contributed by atoms with Gasteiger partial charge in [-0.2, -0.15) is 0 Å². The number of benzene rings is 1. The lowest BCUT2D eigenvalue weighted by molar-refractivity contribution is 0.167. The smallest absolute Gasteiger partial charge is 0.150 e. The number of para-hydroxylation sites is 1. The van der Waals surface area contributed by atoms with Crippen molar-refractivity contribution in [3.63, 3.8) is 0 Å². The van der Waals surface area contributed by atoms with Gasteiger partial charge in [-0.15, -0.1) is 0 Å². The summed E-state index contributed by atoms with van der Waals surface area (Å²) >= 11 is 0. The largest absolute Gasteiger partial charge is 0.491 e. The van der Waals surface area contributed by atoms with E-state index >= 15 is 0 Å². The van der Waals surface area contributed by atoms with Crippen molar-refractivity contribution >= 4 is 15.5 Å². The number of anilines is 1. The predicted molar refractivity (Wildman–Crippen MR) is 80.1 cm³/mol. The number of hydrogen-bond donors (Lipinski definition) is 1. The van der Waals surface area contributed by atoms with Gasteiger partial charge >= 0.3 is 0 Å². The summed E-state index contributed by atoms with van der Waals surface area (Å²) in [7, 11) is -2.90. The molecule has 1 fully saturated rings. The molecule has 0 aliphatic carbocycles. The lowest BCUT2D eigenvalue weighted by Gasteiger charge is -2.33. The molecule has 1 N–H and O–H groups in total. The van der Waals surface area contributed by atoms with E-state index in [1.807, 2.05) is 19.1 Å². The third-order valence-electron chi connectivity index (χ3n) is 4.19. The average molecular weight is 295 g/mol. The molecule has 2 aliphatic heterocycles. The van der Waals surface area contributed by atoms with E-state index in [0.717, 1.165) is 37.2 Å². The molecule has 0 radical (unpaired) electrons. The summed E-state index contributed by atoms with van der Waals surface area (Å²) in [6.07, 6.45) is 2.68. The maximum absolute atomic E-state index is 11.8. The second-order valence-corrected chi connectivity index (χ2v) is 8.45. The molecule has 4 nitrogen and oxygen atoms in total. The van der Waals surface area contributed by atoms with E-state index < -0.39 is 9.84 Å². The molecule has 110 valence electrons. The molecule has 5 heteroatoms. The molecular weight excluding hydrogens is 274 g/mol. The van der Waals surface area contributed by atoms with Crippen LogP contribution in [-0.4, -0.2) is 33.1 Å². The van der Waals surface area contributed by atoms with Crippen molar-refractivity contribution in [1.29, 1.82) is 0 Å². The Hall–Kier alpha value is -1.23. The van der Waals surface area contributed by atoms with E-state index in [2.05, 4.69) is 11.4 Å². The number of nitrogens with one attached hydrogen (secondary N) is 1. The van der Waals surface area contributed by atoms with E-state index in [4.69, 9.17) is 4.74 Å². The number of hydrogen-bond acceptors (Lipinski definition) is 4. The van der Waals surface area contributed by atoms with Crippen molar-refractivity contribution < 1.29 is 13.2 Å². The molecule has 1 unspecified atom stereocenters. The number of rotatable bonds is 3. The van der Waals surface area contributed by atoms with Gasteiger partial charge in [-0.1, -0.05) is 19.1 Å². The minimum absolute atomic E-state index is 0.239. The lowest BCUT2D eigenvalue weighted by Crippen LogP contribution is -2.38. The van der Waals surface area contributed by atoms with Gasteiger partial charge in [0.15, 0.2) is 9.84 Å². The van der Waals surface area contributed by atoms with E-state index in [9.17, 15) is 8.42 Å². The van der Waals surface area contributed by atoms with Crippen molar-refractivity contribution in [2.75, 3.05) is 30.0 Å². The summed E-state index contributed by atoms with van der Waals surface area (Å²) in [6.45, 7) is 3.42. The Kier molecular flexibility index (Phi) is 3.40. The molecule has 0 amide bonds. The quantitative estimate of drug-likeness (QED) is 0.929. The zero-order valence-corrected chi connectivity index (χ0v) is 12.6. The molecule has 1 aromatic rings. The summed E-state index contributed by atoms with van der Waals surface area (Å²) in [5.74, 6) is 1.41. The first-order chi connectivity index (χ1) is 9.48. The molecule has 1 aromatic carbocycles. The average Bonchev–Trinajstić information content (AvgIpc) is 2.83. The third-order valence-corrected chi connectivity index (χ3v) is 6.24. The molecule has 0 saturated carbocycles. The van der Waals surface area contributed by atoms with Crippen LogP contribution in [0, 0.1) is 5.41 Å². The van der Waals surface area contributed by atoms with Gasteiger partial charge in [0.05, 0.1) is 23.8 Å². The minimum Gasteiger partial charge on any atom is -0.491 e. The Balaban J connectivity index is 1.72. The fourth-order valence-electron chi connectivity index (χ4n) is 3.19. The molecule has 0 aromatic heterocycles. The highest BCUT2D eigenvalue weighted by Gasteiger charge is 2.36. The van der Waals surface area contributed by atoms with Crippen LogP contribution < -0.4 is 10.1 Å². The van der Waals surface area contributed by atoms with Gasteiger partial charge in [-0.25, -0.2) is 8.42 Å². The van der Waals surface area contributed by atoms with E-state index in [1.54, 1.807) is 0 Å². The van der Waals surface area contributed by atoms with Crippen molar-refractivity contribution in [3.8, 4) is 5.75 Å². The Morgan fingerprint density at radius 1 is 1.40 bits per heavy atom. The Labute approximate surface area is 120 Å². The molecular formula is C15H21NO3S. The Morgan fingerprint density at radius 3 is 3.05 bits per heavy atom. The summed E-state index contributed by atoms with van der Waals surface area (Å²) in [5.41, 5.74) is 2.09. The highest BCUT2D eigenvalue weighted by molar-refractivity contribution is 7.91. The van der Waals surface area contributed by atoms with Gasteiger partial charge < -0.3 is 10.1 Å². The highest BCUT2D eigenvalue weighted by atomic mass is 32.2. The van der Waals surface area contributed by atoms with Gasteiger partial charge in [-0.3, -0.25) is 0 Å². The fraction of sp³-hybridized carbons (Fsp3) is 0.600. The van der Waals surface area contributed by atoms with E-state index in [0.29, 0.717) is 12.4 Å². The zero-order valence-electron chi connectivity index (χ0n) is 11.8. The van der Waals surface area contributed by atoms with Crippen LogP contribution in [0.2, 0.25) is 0 Å². The summed E-state index contributed by atoms with van der Waals surface area (Å²) in [6, 6.07) is 6.06. The minimum atomic E-state index is -2.90. The van der Waals surface area contributed by atoms with E-state index in [1.165, 1.54) is 5.56 Å². The van der Waals surface area contributed by atoms with Crippen LogP contribution in [0.1, 0.15) is 25.3 Å². The van der Waals surface area contributed by atoms with Crippen molar-refractivity contribution in [1.82, 2.24) is 0 Å². The molecule has 1 saturated heterocycles. The topological polar surface area (TPSA) is 55.4 Å². The molecule has 3 rings (SSSR count). The summed E-state index contributed by atoms with van der Waals surface area (Å²) in [4.78, 5) is 0.